The maximum atomic E-state index is 13.0. The predicted molar refractivity (Wildman–Crippen MR) is 102 cm³/mol. The minimum atomic E-state index is -0.975. The van der Waals surface area contributed by atoms with Crippen LogP contribution in [-0.2, 0) is 25.7 Å². The van der Waals surface area contributed by atoms with Gasteiger partial charge in [-0.15, -0.1) is 0 Å². The normalized spacial score (nSPS) is 20.6. The van der Waals surface area contributed by atoms with Crippen molar-refractivity contribution in [2.24, 2.45) is 11.0 Å². The van der Waals surface area contributed by atoms with Gasteiger partial charge in [0.05, 0.1) is 5.69 Å². The fraction of sp³-hybridized carbons (Fsp3) is 0.238. The molecule has 4 rings (SSSR count). The molecule has 2 heterocycles. The van der Waals surface area contributed by atoms with Gasteiger partial charge in [-0.1, -0.05) is 36.4 Å². The first kappa shape index (κ1) is 17.9. The number of carbonyl (C=O) groups is 3. The highest BCUT2D eigenvalue weighted by Crippen LogP contribution is 2.31. The molecule has 1 fully saturated rings. The molecule has 0 aromatic heterocycles. The maximum Gasteiger partial charge on any atom is 0.355 e. The van der Waals surface area contributed by atoms with Gasteiger partial charge in [-0.25, -0.2) is 9.69 Å². The molecule has 2 amide bonds. The van der Waals surface area contributed by atoms with Crippen LogP contribution in [0.25, 0.3) is 0 Å². The monoisotopic (exact) mass is 377 g/mol. The Labute approximate surface area is 162 Å². The molecule has 0 unspecified atom stereocenters. The number of aryl methyl sites for hydroxylation is 2. The van der Waals surface area contributed by atoms with E-state index in [4.69, 9.17) is 4.74 Å². The van der Waals surface area contributed by atoms with Gasteiger partial charge in [0, 0.05) is 0 Å². The third-order valence-electron chi connectivity index (χ3n) is 4.81. The lowest BCUT2D eigenvalue weighted by atomic mass is 9.99. The number of anilines is 1. The quantitative estimate of drug-likeness (QED) is 0.649. The van der Waals surface area contributed by atoms with Gasteiger partial charge in [-0.2, -0.15) is 5.10 Å². The van der Waals surface area contributed by atoms with Gasteiger partial charge in [-0.05, 0) is 42.7 Å². The largest absolute Gasteiger partial charge is 0.456 e. The van der Waals surface area contributed by atoms with E-state index in [1.54, 1.807) is 12.1 Å². The lowest BCUT2D eigenvalue weighted by Gasteiger charge is -2.17. The van der Waals surface area contributed by atoms with Crippen LogP contribution >= 0.6 is 0 Å². The number of hydrogen-bond acceptors (Lipinski definition) is 6. The second-order valence-electron chi connectivity index (χ2n) is 7.00. The van der Waals surface area contributed by atoms with Crippen molar-refractivity contribution >= 4 is 29.2 Å². The standard InChI is InChI=1S/C21H19N3O4/c1-12-8-13(2)10-15(9-12)24-19(25)16-17(20(24)26)22-23-18(16)21(27)28-11-14-6-4-3-5-7-14/h3-10,16-17,22H,11H2,1-2H3/t16-,17+/m1/s1. The van der Waals surface area contributed by atoms with E-state index in [2.05, 4.69) is 10.5 Å². The Balaban J connectivity index is 1.54. The number of ether oxygens (including phenoxy) is 1. The Morgan fingerprint density at radius 2 is 1.75 bits per heavy atom. The van der Waals surface area contributed by atoms with Crippen LogP contribution in [0.1, 0.15) is 16.7 Å². The Hall–Kier alpha value is -3.48. The van der Waals surface area contributed by atoms with Crippen LogP contribution in [0.15, 0.2) is 53.6 Å². The van der Waals surface area contributed by atoms with Crippen molar-refractivity contribution < 1.29 is 19.1 Å². The summed E-state index contributed by atoms with van der Waals surface area (Å²) in [6.45, 7) is 3.86. The number of rotatable bonds is 4. The summed E-state index contributed by atoms with van der Waals surface area (Å²) in [6, 6.07) is 13.8. The average Bonchev–Trinajstić information content (AvgIpc) is 3.20. The molecule has 28 heavy (non-hydrogen) atoms. The van der Waals surface area contributed by atoms with Gasteiger partial charge in [0.1, 0.15) is 18.6 Å². The van der Waals surface area contributed by atoms with Gasteiger partial charge in [0.25, 0.3) is 5.91 Å². The number of esters is 1. The van der Waals surface area contributed by atoms with Gasteiger partial charge < -0.3 is 4.74 Å². The number of amides is 2. The van der Waals surface area contributed by atoms with Crippen LogP contribution in [0.5, 0.6) is 0 Å². The number of hydrogen-bond donors (Lipinski definition) is 1. The molecule has 142 valence electrons. The molecule has 7 heteroatoms. The molecular weight excluding hydrogens is 358 g/mol. The third kappa shape index (κ3) is 3.05. The van der Waals surface area contributed by atoms with Crippen LogP contribution in [0.2, 0.25) is 0 Å². The summed E-state index contributed by atoms with van der Waals surface area (Å²) in [5.74, 6) is -2.57. The molecule has 0 aliphatic carbocycles. The molecule has 2 aliphatic rings. The Bertz CT molecular complexity index is 980. The first-order chi connectivity index (χ1) is 13.5. The van der Waals surface area contributed by atoms with Crippen LogP contribution in [0, 0.1) is 19.8 Å². The molecule has 1 N–H and O–H groups in total. The molecule has 0 spiro atoms. The predicted octanol–water partition coefficient (Wildman–Crippen LogP) is 1.86. The van der Waals surface area contributed by atoms with Crippen molar-refractivity contribution in [3.05, 3.63) is 65.2 Å². The van der Waals surface area contributed by atoms with Crippen molar-refractivity contribution in [2.45, 2.75) is 26.5 Å². The molecule has 2 aromatic rings. The van der Waals surface area contributed by atoms with Crippen molar-refractivity contribution in [3.63, 3.8) is 0 Å². The first-order valence-electron chi connectivity index (χ1n) is 8.96. The van der Waals surface area contributed by atoms with Crippen molar-refractivity contribution in [3.8, 4) is 0 Å². The van der Waals surface area contributed by atoms with E-state index in [1.807, 2.05) is 50.2 Å². The number of hydrazone groups is 1. The summed E-state index contributed by atoms with van der Waals surface area (Å²) in [5, 5.41) is 3.92. The minimum Gasteiger partial charge on any atom is -0.456 e. The van der Waals surface area contributed by atoms with E-state index < -0.39 is 29.7 Å². The number of nitrogens with zero attached hydrogens (tertiary/aromatic N) is 2. The zero-order valence-electron chi connectivity index (χ0n) is 15.5. The van der Waals surface area contributed by atoms with E-state index in [9.17, 15) is 14.4 Å². The minimum absolute atomic E-state index is 0.0637. The lowest BCUT2D eigenvalue weighted by Crippen LogP contribution is -2.36. The smallest absolute Gasteiger partial charge is 0.355 e. The SMILES string of the molecule is Cc1cc(C)cc(N2C(=O)[C@H]3C(C(=O)OCc4ccccc4)=NN[C@@H]3C2=O)c1. The molecule has 0 saturated carbocycles. The number of imide groups is 1. The van der Waals surface area contributed by atoms with Gasteiger partial charge in [-0.3, -0.25) is 15.0 Å². The maximum absolute atomic E-state index is 13.0. The summed E-state index contributed by atoms with van der Waals surface area (Å²) < 4.78 is 5.29. The Kier molecular flexibility index (Phi) is 4.43. The molecule has 2 aromatic carbocycles. The number of nitrogens with one attached hydrogen (secondary N) is 1. The van der Waals surface area contributed by atoms with Crippen molar-refractivity contribution in [1.29, 1.82) is 0 Å². The fourth-order valence-electron chi connectivity index (χ4n) is 3.59. The average molecular weight is 377 g/mol. The Morgan fingerprint density at radius 3 is 2.43 bits per heavy atom. The zero-order valence-corrected chi connectivity index (χ0v) is 15.5. The molecule has 2 aliphatic heterocycles. The van der Waals surface area contributed by atoms with E-state index in [0.29, 0.717) is 5.69 Å². The summed E-state index contributed by atoms with van der Waals surface area (Å²) >= 11 is 0. The van der Waals surface area contributed by atoms with E-state index in [0.717, 1.165) is 21.6 Å². The lowest BCUT2D eigenvalue weighted by molar-refractivity contribution is -0.137. The molecule has 7 nitrogen and oxygen atoms in total. The van der Waals surface area contributed by atoms with Crippen LogP contribution in [0.4, 0.5) is 5.69 Å². The molecule has 0 bridgehead atoms. The van der Waals surface area contributed by atoms with Crippen molar-refractivity contribution in [2.75, 3.05) is 4.90 Å². The number of carbonyl (C=O) groups excluding carboxylic acids is 3. The van der Waals surface area contributed by atoms with Gasteiger partial charge in [0.2, 0.25) is 5.91 Å². The zero-order chi connectivity index (χ0) is 19.8. The van der Waals surface area contributed by atoms with Gasteiger partial charge >= 0.3 is 5.97 Å². The Morgan fingerprint density at radius 1 is 1.07 bits per heavy atom. The first-order valence-corrected chi connectivity index (χ1v) is 8.96. The van der Waals surface area contributed by atoms with Crippen LogP contribution in [-0.4, -0.2) is 29.5 Å². The molecule has 2 atom stereocenters. The second kappa shape index (κ2) is 6.92. The summed E-state index contributed by atoms with van der Waals surface area (Å²) in [7, 11) is 0. The number of fused-ring (bicyclic) bond motifs is 1. The summed E-state index contributed by atoms with van der Waals surface area (Å²) in [4.78, 5) is 39.4. The van der Waals surface area contributed by atoms with E-state index in [-0.39, 0.29) is 12.3 Å². The molecule has 0 radical (unpaired) electrons. The summed E-state index contributed by atoms with van der Waals surface area (Å²) in [6.07, 6.45) is 0. The van der Waals surface area contributed by atoms with Crippen LogP contribution < -0.4 is 10.3 Å². The van der Waals surface area contributed by atoms with E-state index >= 15 is 0 Å². The highest BCUT2D eigenvalue weighted by atomic mass is 16.5. The topological polar surface area (TPSA) is 88.1 Å². The fourth-order valence-corrected chi connectivity index (χ4v) is 3.59. The van der Waals surface area contributed by atoms with Crippen LogP contribution in [0.3, 0.4) is 0 Å². The summed E-state index contributed by atoms with van der Waals surface area (Å²) in [5.41, 5.74) is 5.78. The van der Waals surface area contributed by atoms with Crippen molar-refractivity contribution in [1.82, 2.24) is 5.43 Å². The highest BCUT2D eigenvalue weighted by molar-refractivity contribution is 6.46. The third-order valence-corrected chi connectivity index (χ3v) is 4.81. The highest BCUT2D eigenvalue weighted by Gasteiger charge is 2.55. The second-order valence-corrected chi connectivity index (χ2v) is 7.00. The molecule has 1 saturated heterocycles. The number of benzene rings is 2. The molecular formula is C21H19N3O4. The van der Waals surface area contributed by atoms with E-state index in [1.165, 1.54) is 0 Å². The van der Waals surface area contributed by atoms with Gasteiger partial charge in [0.15, 0.2) is 5.71 Å².